The maximum atomic E-state index is 12.5. The van der Waals surface area contributed by atoms with E-state index in [2.05, 4.69) is 20.2 Å². The van der Waals surface area contributed by atoms with Crippen molar-refractivity contribution in [3.8, 4) is 11.5 Å². The van der Waals surface area contributed by atoms with E-state index in [1.54, 1.807) is 13.1 Å². The van der Waals surface area contributed by atoms with E-state index in [1.165, 1.54) is 0 Å². The van der Waals surface area contributed by atoms with Gasteiger partial charge in [0.05, 0.1) is 17.3 Å². The molecule has 1 amide bonds. The lowest BCUT2D eigenvalue weighted by Gasteiger charge is -2.25. The lowest BCUT2D eigenvalue weighted by molar-refractivity contribution is 0.0940. The van der Waals surface area contributed by atoms with Gasteiger partial charge in [-0.1, -0.05) is 6.07 Å². The van der Waals surface area contributed by atoms with Crippen LogP contribution in [0.2, 0.25) is 0 Å². The Morgan fingerprint density at radius 1 is 1.28 bits per heavy atom. The standard InChI is InChI=1S/C18H22N4O3/c1-11-14(8-19-12(2)21-11)18(23)20-9-15(22(3)4)13-5-6-16-17(7-13)25-10-24-16/h5-8,15H,9-10H2,1-4H3,(H,20,23)/t15-/m0/s1. The summed E-state index contributed by atoms with van der Waals surface area (Å²) in [5.74, 6) is 1.96. The Bertz CT molecular complexity index is 792. The maximum absolute atomic E-state index is 12.5. The van der Waals surface area contributed by atoms with Gasteiger partial charge >= 0.3 is 0 Å². The molecule has 1 aromatic carbocycles. The summed E-state index contributed by atoms with van der Waals surface area (Å²) in [6.07, 6.45) is 1.57. The van der Waals surface area contributed by atoms with Gasteiger partial charge in [0, 0.05) is 12.7 Å². The van der Waals surface area contributed by atoms with Crippen LogP contribution in [-0.4, -0.2) is 48.2 Å². The largest absolute Gasteiger partial charge is 0.454 e. The molecule has 0 radical (unpaired) electrons. The van der Waals surface area contributed by atoms with E-state index in [0.29, 0.717) is 23.6 Å². The molecule has 7 heteroatoms. The fourth-order valence-electron chi connectivity index (χ4n) is 2.81. The van der Waals surface area contributed by atoms with E-state index < -0.39 is 0 Å². The van der Waals surface area contributed by atoms with E-state index in [1.807, 2.05) is 39.2 Å². The minimum Gasteiger partial charge on any atom is -0.454 e. The molecule has 0 aliphatic carbocycles. The summed E-state index contributed by atoms with van der Waals surface area (Å²) in [6.45, 7) is 4.31. The molecule has 0 saturated carbocycles. The van der Waals surface area contributed by atoms with Crippen molar-refractivity contribution < 1.29 is 14.3 Å². The van der Waals surface area contributed by atoms with Crippen LogP contribution in [0.4, 0.5) is 0 Å². The second kappa shape index (κ2) is 7.06. The molecule has 25 heavy (non-hydrogen) atoms. The van der Waals surface area contributed by atoms with Gasteiger partial charge in [-0.25, -0.2) is 9.97 Å². The summed E-state index contributed by atoms with van der Waals surface area (Å²) in [4.78, 5) is 22.9. The molecular weight excluding hydrogens is 320 g/mol. The fourth-order valence-corrected chi connectivity index (χ4v) is 2.81. The van der Waals surface area contributed by atoms with Crippen molar-refractivity contribution >= 4 is 5.91 Å². The van der Waals surface area contributed by atoms with Crippen LogP contribution in [0.5, 0.6) is 11.5 Å². The molecule has 1 atom stereocenters. The van der Waals surface area contributed by atoms with Gasteiger partial charge in [-0.2, -0.15) is 0 Å². The molecule has 1 N–H and O–H groups in total. The van der Waals surface area contributed by atoms with Gasteiger partial charge in [-0.3, -0.25) is 4.79 Å². The number of hydrogen-bond donors (Lipinski definition) is 1. The van der Waals surface area contributed by atoms with Crippen molar-refractivity contribution in [3.05, 3.63) is 47.0 Å². The van der Waals surface area contributed by atoms with Crippen LogP contribution < -0.4 is 14.8 Å². The predicted octanol–water partition coefficient (Wildman–Crippen LogP) is 1.85. The van der Waals surface area contributed by atoms with Crippen molar-refractivity contribution in [2.24, 2.45) is 0 Å². The SMILES string of the molecule is Cc1ncc(C(=O)NC[C@@H](c2ccc3c(c2)OCO3)N(C)C)c(C)n1. The zero-order valence-corrected chi connectivity index (χ0v) is 14.9. The zero-order chi connectivity index (χ0) is 18.0. The van der Waals surface area contributed by atoms with Gasteiger partial charge < -0.3 is 19.7 Å². The summed E-state index contributed by atoms with van der Waals surface area (Å²) in [5, 5.41) is 2.97. The van der Waals surface area contributed by atoms with Crippen LogP contribution >= 0.6 is 0 Å². The molecule has 0 fully saturated rings. The van der Waals surface area contributed by atoms with Crippen molar-refractivity contribution in [2.75, 3.05) is 27.4 Å². The Kier molecular flexibility index (Phi) is 4.85. The molecule has 7 nitrogen and oxygen atoms in total. The summed E-state index contributed by atoms with van der Waals surface area (Å²) in [5.41, 5.74) is 2.22. The molecule has 0 saturated heterocycles. The van der Waals surface area contributed by atoms with Gasteiger partial charge in [0.25, 0.3) is 5.91 Å². The number of rotatable bonds is 5. The van der Waals surface area contributed by atoms with Crippen molar-refractivity contribution in [1.29, 1.82) is 0 Å². The van der Waals surface area contributed by atoms with Crippen molar-refractivity contribution in [2.45, 2.75) is 19.9 Å². The number of aryl methyl sites for hydroxylation is 2. The minimum absolute atomic E-state index is 0.00474. The highest BCUT2D eigenvalue weighted by molar-refractivity contribution is 5.94. The number of fused-ring (bicyclic) bond motifs is 1. The van der Waals surface area contributed by atoms with E-state index in [0.717, 1.165) is 17.1 Å². The second-order valence-electron chi connectivity index (χ2n) is 6.22. The van der Waals surface area contributed by atoms with Gasteiger partial charge in [0.15, 0.2) is 11.5 Å². The number of hydrogen-bond acceptors (Lipinski definition) is 6. The first-order valence-corrected chi connectivity index (χ1v) is 8.10. The molecule has 0 bridgehead atoms. The summed E-state index contributed by atoms with van der Waals surface area (Å²) in [6, 6.07) is 5.85. The number of benzene rings is 1. The Balaban J connectivity index is 1.73. The normalized spacial score (nSPS) is 13.8. The molecule has 0 spiro atoms. The molecule has 1 aromatic heterocycles. The van der Waals surface area contributed by atoms with Crippen molar-refractivity contribution in [3.63, 3.8) is 0 Å². The smallest absolute Gasteiger partial charge is 0.254 e. The lowest BCUT2D eigenvalue weighted by atomic mass is 10.0. The molecule has 1 aliphatic rings. The summed E-state index contributed by atoms with van der Waals surface area (Å²) >= 11 is 0. The third-order valence-electron chi connectivity index (χ3n) is 4.21. The maximum Gasteiger partial charge on any atom is 0.254 e. The Hall–Kier alpha value is -2.67. The van der Waals surface area contributed by atoms with Gasteiger partial charge in [0.1, 0.15) is 5.82 Å². The topological polar surface area (TPSA) is 76.6 Å². The number of carbonyl (C=O) groups is 1. The van der Waals surface area contributed by atoms with E-state index in [4.69, 9.17) is 9.47 Å². The molecule has 2 aromatic rings. The van der Waals surface area contributed by atoms with Crippen LogP contribution in [0.1, 0.15) is 33.5 Å². The molecule has 3 rings (SSSR count). The Labute approximate surface area is 147 Å². The molecule has 1 aliphatic heterocycles. The van der Waals surface area contributed by atoms with E-state index >= 15 is 0 Å². The van der Waals surface area contributed by atoms with Gasteiger partial charge in [-0.05, 0) is 45.6 Å². The van der Waals surface area contributed by atoms with Crippen LogP contribution in [0.25, 0.3) is 0 Å². The third kappa shape index (κ3) is 3.71. The molecular formula is C18H22N4O3. The Morgan fingerprint density at radius 2 is 2.04 bits per heavy atom. The van der Waals surface area contributed by atoms with Crippen LogP contribution in [-0.2, 0) is 0 Å². The number of amides is 1. The summed E-state index contributed by atoms with van der Waals surface area (Å²) in [7, 11) is 3.95. The number of nitrogens with one attached hydrogen (secondary N) is 1. The first-order chi connectivity index (χ1) is 12.0. The zero-order valence-electron chi connectivity index (χ0n) is 14.9. The van der Waals surface area contributed by atoms with E-state index in [9.17, 15) is 4.79 Å². The average molecular weight is 342 g/mol. The number of nitrogens with zero attached hydrogens (tertiary/aromatic N) is 3. The van der Waals surface area contributed by atoms with Crippen molar-refractivity contribution in [1.82, 2.24) is 20.2 Å². The predicted molar refractivity (Wildman–Crippen MR) is 92.8 cm³/mol. The highest BCUT2D eigenvalue weighted by atomic mass is 16.7. The Morgan fingerprint density at radius 3 is 2.76 bits per heavy atom. The molecule has 0 unspecified atom stereocenters. The first-order valence-electron chi connectivity index (χ1n) is 8.10. The number of carbonyl (C=O) groups excluding carboxylic acids is 1. The van der Waals surface area contributed by atoms with Gasteiger partial charge in [-0.15, -0.1) is 0 Å². The van der Waals surface area contributed by atoms with Crippen LogP contribution in [0.15, 0.2) is 24.4 Å². The van der Waals surface area contributed by atoms with Gasteiger partial charge in [0.2, 0.25) is 6.79 Å². The minimum atomic E-state index is -0.176. The molecule has 2 heterocycles. The lowest BCUT2D eigenvalue weighted by Crippen LogP contribution is -2.35. The van der Waals surface area contributed by atoms with E-state index in [-0.39, 0.29) is 18.7 Å². The molecule has 132 valence electrons. The fraction of sp³-hybridized carbons (Fsp3) is 0.389. The monoisotopic (exact) mass is 342 g/mol. The van der Waals surface area contributed by atoms with Crippen LogP contribution in [0.3, 0.4) is 0 Å². The highest BCUT2D eigenvalue weighted by Gasteiger charge is 2.21. The number of aromatic nitrogens is 2. The highest BCUT2D eigenvalue weighted by Crippen LogP contribution is 2.34. The summed E-state index contributed by atoms with van der Waals surface area (Å²) < 4.78 is 10.8. The van der Waals surface area contributed by atoms with Crippen LogP contribution in [0, 0.1) is 13.8 Å². The number of ether oxygens (including phenoxy) is 2. The average Bonchev–Trinajstić information content (AvgIpc) is 3.02. The number of likely N-dealkylation sites (N-methyl/N-ethyl adjacent to an activating group) is 1. The first kappa shape index (κ1) is 17.2. The third-order valence-corrected chi connectivity index (χ3v) is 4.21. The quantitative estimate of drug-likeness (QED) is 0.894. The second-order valence-corrected chi connectivity index (χ2v) is 6.22.